The molecule has 356 valence electrons. The number of carbonyl (C=O) groups excluding carboxylic acids is 3. The second-order valence-corrected chi connectivity index (χ2v) is 18.3. The minimum atomic E-state index is -0.0452. The quantitative estimate of drug-likeness (QED) is 0.0343. The van der Waals surface area contributed by atoms with E-state index in [1.807, 2.05) is 0 Å². The lowest BCUT2D eigenvalue weighted by atomic mass is 9.92. The summed E-state index contributed by atoms with van der Waals surface area (Å²) in [5, 5.41) is 0. The van der Waals surface area contributed by atoms with Gasteiger partial charge in [0.25, 0.3) is 0 Å². The first-order valence-corrected chi connectivity index (χ1v) is 26.6. The van der Waals surface area contributed by atoms with Crippen molar-refractivity contribution in [2.45, 2.75) is 279 Å². The van der Waals surface area contributed by atoms with Crippen LogP contribution in [0.4, 0.5) is 0 Å². The van der Waals surface area contributed by atoms with Gasteiger partial charge in [-0.05, 0) is 89.3 Å². The van der Waals surface area contributed by atoms with Crippen molar-refractivity contribution in [1.29, 1.82) is 0 Å². The predicted molar refractivity (Wildman–Crippen MR) is 255 cm³/mol. The maximum atomic E-state index is 12.8. The average molecular weight is 850 g/mol. The molecule has 0 aromatic rings. The molecular weight excluding hydrogens is 747 g/mol. The van der Waals surface area contributed by atoms with Gasteiger partial charge in [0.2, 0.25) is 0 Å². The van der Waals surface area contributed by atoms with E-state index in [4.69, 9.17) is 14.2 Å². The largest absolute Gasteiger partial charge is 0.466 e. The maximum absolute atomic E-state index is 12.8. The molecule has 60 heavy (non-hydrogen) atoms. The van der Waals surface area contributed by atoms with Gasteiger partial charge in [-0.2, -0.15) is 0 Å². The number of nitrogens with zero attached hydrogens (tertiary/aromatic N) is 1. The average Bonchev–Trinajstić information content (AvgIpc) is 3.24. The molecule has 0 aromatic heterocycles. The molecule has 0 aliphatic carbocycles. The molecule has 0 saturated heterocycles. The molecule has 1 unspecified atom stereocenters. The van der Waals surface area contributed by atoms with Gasteiger partial charge in [0.05, 0.1) is 13.2 Å². The maximum Gasteiger partial charge on any atom is 0.306 e. The van der Waals surface area contributed by atoms with Crippen LogP contribution in [0.25, 0.3) is 0 Å². The Balaban J connectivity index is 4.39. The van der Waals surface area contributed by atoms with E-state index < -0.39 is 0 Å². The normalized spacial score (nSPS) is 12.2. The Morgan fingerprint density at radius 2 is 0.700 bits per heavy atom. The van der Waals surface area contributed by atoms with Crippen LogP contribution in [-0.2, 0) is 28.6 Å². The van der Waals surface area contributed by atoms with Crippen molar-refractivity contribution >= 4 is 17.9 Å². The number of ether oxygens (including phenoxy) is 3. The lowest BCUT2D eigenvalue weighted by molar-refractivity contribution is -0.150. The molecule has 0 aliphatic rings. The first kappa shape index (κ1) is 58.4. The van der Waals surface area contributed by atoms with Gasteiger partial charge in [0.15, 0.2) is 0 Å². The molecule has 0 rings (SSSR count). The number of rotatable bonds is 47. The molecule has 0 radical (unpaired) electrons. The van der Waals surface area contributed by atoms with Crippen LogP contribution in [-0.4, -0.2) is 61.8 Å². The van der Waals surface area contributed by atoms with Crippen molar-refractivity contribution < 1.29 is 28.6 Å². The van der Waals surface area contributed by atoms with Crippen LogP contribution in [0.2, 0.25) is 0 Å². The van der Waals surface area contributed by atoms with Gasteiger partial charge >= 0.3 is 17.9 Å². The summed E-state index contributed by atoms with van der Waals surface area (Å²) in [6.07, 6.45) is 39.8. The number of carbonyl (C=O) groups is 3. The van der Waals surface area contributed by atoms with Crippen LogP contribution in [0.3, 0.4) is 0 Å². The number of hydrogen-bond donors (Lipinski definition) is 0. The van der Waals surface area contributed by atoms with Gasteiger partial charge < -0.3 is 19.1 Å². The molecule has 0 aliphatic heterocycles. The highest BCUT2D eigenvalue weighted by molar-refractivity contribution is 5.70. The van der Waals surface area contributed by atoms with Crippen molar-refractivity contribution in [1.82, 2.24) is 4.90 Å². The topological polar surface area (TPSA) is 82.1 Å². The molecule has 0 N–H and O–H groups in total. The van der Waals surface area contributed by atoms with Gasteiger partial charge in [-0.3, -0.25) is 14.4 Å². The van der Waals surface area contributed by atoms with E-state index in [2.05, 4.69) is 46.4 Å². The SMILES string of the molecule is CCCCCC(CCCCC)CCOC(=O)CCCCCCCCCC(CCCCCCCC(=O)OCCC(CCCCC)CCCCC)OC(=O)CCCN(CC)CC. The monoisotopic (exact) mass is 850 g/mol. The molecule has 0 spiro atoms. The van der Waals surface area contributed by atoms with Crippen LogP contribution in [0, 0.1) is 11.8 Å². The minimum Gasteiger partial charge on any atom is -0.466 e. The van der Waals surface area contributed by atoms with E-state index in [0.717, 1.165) is 116 Å². The van der Waals surface area contributed by atoms with E-state index in [9.17, 15) is 14.4 Å². The Hall–Kier alpha value is -1.63. The fourth-order valence-corrected chi connectivity index (χ4v) is 8.61. The number of unbranched alkanes of at least 4 members (excludes halogenated alkanes) is 18. The third kappa shape index (κ3) is 39.2. The lowest BCUT2D eigenvalue weighted by Gasteiger charge is -2.20. The predicted octanol–water partition coefficient (Wildman–Crippen LogP) is 15.7. The highest BCUT2D eigenvalue weighted by Gasteiger charge is 2.16. The molecule has 0 bridgehead atoms. The van der Waals surface area contributed by atoms with E-state index in [-0.39, 0.29) is 24.0 Å². The molecule has 0 fully saturated rings. The van der Waals surface area contributed by atoms with Crippen LogP contribution in [0.15, 0.2) is 0 Å². The standard InChI is InChI=1S/C53H103NO6/c1-7-13-25-34-48(35-26-14-8-2)43-46-58-51(55)40-31-23-19-17-18-21-29-38-50(60-53(57)42-33-45-54(11-5)12-6)39-30-22-20-24-32-41-52(56)59-47-44-49(36-27-15-9-3)37-28-16-10-4/h48-50H,7-47H2,1-6H3. The molecule has 0 heterocycles. The lowest BCUT2D eigenvalue weighted by Crippen LogP contribution is -2.25. The summed E-state index contributed by atoms with van der Waals surface area (Å²) in [6.45, 7) is 17.5. The number of hydrogen-bond acceptors (Lipinski definition) is 7. The second-order valence-electron chi connectivity index (χ2n) is 18.3. The highest BCUT2D eigenvalue weighted by Crippen LogP contribution is 2.23. The van der Waals surface area contributed by atoms with Crippen LogP contribution < -0.4 is 0 Å². The molecule has 7 heteroatoms. The summed E-state index contributed by atoms with van der Waals surface area (Å²) in [4.78, 5) is 40.0. The Kier molecular flexibility index (Phi) is 44.2. The molecule has 0 aromatic carbocycles. The fourth-order valence-electron chi connectivity index (χ4n) is 8.61. The van der Waals surface area contributed by atoms with Crippen molar-refractivity contribution in [3.8, 4) is 0 Å². The highest BCUT2D eigenvalue weighted by atomic mass is 16.5. The van der Waals surface area contributed by atoms with E-state index in [1.165, 1.54) is 116 Å². The third-order valence-electron chi connectivity index (χ3n) is 12.8. The summed E-state index contributed by atoms with van der Waals surface area (Å²) in [7, 11) is 0. The van der Waals surface area contributed by atoms with Crippen LogP contribution >= 0.6 is 0 Å². The first-order valence-electron chi connectivity index (χ1n) is 26.6. The molecule has 1 atom stereocenters. The summed E-state index contributed by atoms with van der Waals surface area (Å²) in [5.74, 6) is 1.30. The van der Waals surface area contributed by atoms with Crippen molar-refractivity contribution in [2.75, 3.05) is 32.8 Å². The molecule has 0 amide bonds. The fraction of sp³-hybridized carbons (Fsp3) is 0.943. The van der Waals surface area contributed by atoms with Gasteiger partial charge in [0, 0.05) is 19.3 Å². The summed E-state index contributed by atoms with van der Waals surface area (Å²) >= 11 is 0. The molecule has 0 saturated carbocycles. The third-order valence-corrected chi connectivity index (χ3v) is 12.8. The zero-order valence-corrected chi connectivity index (χ0v) is 41.1. The first-order chi connectivity index (χ1) is 29.3. The summed E-state index contributed by atoms with van der Waals surface area (Å²) in [6, 6.07) is 0. The van der Waals surface area contributed by atoms with Gasteiger partial charge in [-0.1, -0.05) is 196 Å². The Labute approximate surface area is 373 Å². The summed E-state index contributed by atoms with van der Waals surface area (Å²) in [5.41, 5.74) is 0. The van der Waals surface area contributed by atoms with E-state index >= 15 is 0 Å². The van der Waals surface area contributed by atoms with Crippen molar-refractivity contribution in [3.63, 3.8) is 0 Å². The smallest absolute Gasteiger partial charge is 0.306 e. The number of esters is 3. The second kappa shape index (κ2) is 45.4. The van der Waals surface area contributed by atoms with Gasteiger partial charge in [0.1, 0.15) is 6.10 Å². The van der Waals surface area contributed by atoms with Crippen molar-refractivity contribution in [3.05, 3.63) is 0 Å². The van der Waals surface area contributed by atoms with E-state index in [0.29, 0.717) is 44.3 Å². The van der Waals surface area contributed by atoms with Gasteiger partial charge in [-0.15, -0.1) is 0 Å². The van der Waals surface area contributed by atoms with Crippen LogP contribution in [0.5, 0.6) is 0 Å². The van der Waals surface area contributed by atoms with Crippen LogP contribution in [0.1, 0.15) is 273 Å². The molecular formula is C53H103NO6. The Bertz CT molecular complexity index is 918. The zero-order chi connectivity index (χ0) is 44.2. The van der Waals surface area contributed by atoms with E-state index in [1.54, 1.807) is 0 Å². The zero-order valence-electron chi connectivity index (χ0n) is 41.1. The van der Waals surface area contributed by atoms with Crippen molar-refractivity contribution in [2.24, 2.45) is 11.8 Å². The summed E-state index contributed by atoms with van der Waals surface area (Å²) < 4.78 is 17.4. The molecule has 7 nitrogen and oxygen atoms in total. The minimum absolute atomic E-state index is 0.00248. The Morgan fingerprint density at radius 3 is 1.07 bits per heavy atom. The van der Waals surface area contributed by atoms with Gasteiger partial charge in [-0.25, -0.2) is 0 Å². The Morgan fingerprint density at radius 1 is 0.367 bits per heavy atom.